The molecule has 2 aromatic rings. The topological polar surface area (TPSA) is 312 Å². The fraction of sp³-hybridized carbons (Fsp3) is 0.603. The lowest BCUT2D eigenvalue weighted by atomic mass is 9.83. The number of alkyl halides is 2. The maximum absolute atomic E-state index is 14.5. The molecule has 0 spiro atoms. The number of allylic oxidation sites excluding steroid dienone is 3. The highest BCUT2D eigenvalue weighted by Gasteiger charge is 2.64. The molecule has 0 aliphatic carbocycles. The molecule has 0 radical (unpaired) electrons. The number of likely N-dealkylation sites (N-methyl/N-ethyl adjacent to an activating group) is 1. The predicted molar refractivity (Wildman–Crippen MR) is 337 cm³/mol. The molecule has 3 aliphatic heterocycles. The maximum Gasteiger partial charge on any atom is 0.409 e. The van der Waals surface area contributed by atoms with E-state index in [2.05, 4.69) is 47.8 Å². The Morgan fingerprint density at radius 2 is 1.69 bits per heavy atom. The van der Waals surface area contributed by atoms with Crippen LogP contribution >= 0.6 is 43.5 Å². The summed E-state index contributed by atoms with van der Waals surface area (Å²) in [6.07, 6.45) is 1.57. The standard InChI is InChI=1S/C63H87Br2ClN6O16/c1-34(2)45(29-44(73)18-13-12-17-37(5)85-59(80)43(32-64)33-65)56(77)69-46(19-15-23-68-60(67)81)49(75)27-41-21-22-42(28-48(41)74)57(78)71(9)39(7)58(79)87-52-30-53(76)72(10)47-26-40(25-36(4)54(47)66)24-35(3)16-14-20-51(84-11)63(83)31-50(86-61(82)70-63)38(6)55-62(52,8)88-55/h14,16,20-22,25-26,28,34,37-39,43,45-46,50-52,55,74,83H,12-13,15,17-19,23-24,27,29-33H2,1-11H3,(H,69,77)(H,70,82)(H3,67,68,81)/b20-14+,35-16+/t37?,38-,39+,45+,46+,50+,51-,52+,55+,62+,63+/m1/s1. The van der Waals surface area contributed by atoms with Gasteiger partial charge in [0, 0.05) is 87.1 Å². The number of benzene rings is 2. The number of carbonyl (C=O) groups excluding carboxylic acids is 9. The third-order valence-corrected chi connectivity index (χ3v) is 18.8. The zero-order chi connectivity index (χ0) is 65.5. The Morgan fingerprint density at radius 1 is 1.00 bits per heavy atom. The molecule has 0 saturated carbocycles. The highest BCUT2D eigenvalue weighted by molar-refractivity contribution is 9.09. The Kier molecular flexibility index (Phi) is 27.1. The van der Waals surface area contributed by atoms with Gasteiger partial charge in [0.1, 0.15) is 41.5 Å². The van der Waals surface area contributed by atoms with Gasteiger partial charge >= 0.3 is 24.1 Å². The van der Waals surface area contributed by atoms with Crippen LogP contribution in [0.3, 0.4) is 0 Å². The number of aryl methyl sites for hydroxylation is 1. The Bertz CT molecular complexity index is 2940. The number of hydrogen-bond acceptors (Lipinski definition) is 16. The van der Waals surface area contributed by atoms with Gasteiger partial charge in [-0.3, -0.25) is 34.1 Å². The number of halogens is 3. The largest absolute Gasteiger partial charge is 0.508 e. The van der Waals surface area contributed by atoms with Crippen LogP contribution in [0.15, 0.2) is 54.1 Å². The molecular formula is C63H87Br2ClN6O16. The maximum atomic E-state index is 14.5. The first-order chi connectivity index (χ1) is 41.4. The van der Waals surface area contributed by atoms with Crippen molar-refractivity contribution in [2.75, 3.05) is 43.3 Å². The summed E-state index contributed by atoms with van der Waals surface area (Å²) < 4.78 is 29.5. The third kappa shape index (κ3) is 19.5. The van der Waals surface area contributed by atoms with Crippen LogP contribution in [0.5, 0.6) is 5.75 Å². The number of nitrogens with one attached hydrogen (secondary N) is 3. The van der Waals surface area contributed by atoms with E-state index >= 15 is 0 Å². The fourth-order valence-corrected chi connectivity index (χ4v) is 12.8. The summed E-state index contributed by atoms with van der Waals surface area (Å²) in [4.78, 5) is 124. The second-order valence-corrected chi connectivity index (χ2v) is 25.7. The summed E-state index contributed by atoms with van der Waals surface area (Å²) in [6, 6.07) is 4.41. The second kappa shape index (κ2) is 32.7. The quantitative estimate of drug-likeness (QED) is 0.0171. The molecule has 3 aliphatic rings. The van der Waals surface area contributed by atoms with Gasteiger partial charge in [0.25, 0.3) is 5.91 Å². The lowest BCUT2D eigenvalue weighted by Gasteiger charge is -2.42. The number of hydrogen-bond donors (Lipinski definition) is 6. The lowest BCUT2D eigenvalue weighted by molar-refractivity contribution is -0.158. The molecule has 0 aromatic heterocycles. The molecule has 7 N–H and O–H groups in total. The van der Waals surface area contributed by atoms with Crippen LogP contribution < -0.4 is 26.6 Å². The second-order valence-electron chi connectivity index (χ2n) is 24.0. The number of ether oxygens (including phenoxy) is 5. The van der Waals surface area contributed by atoms with Crippen molar-refractivity contribution in [3.63, 3.8) is 0 Å². The number of esters is 2. The van der Waals surface area contributed by atoms with E-state index < -0.39 is 120 Å². The van der Waals surface area contributed by atoms with E-state index in [1.807, 2.05) is 26.0 Å². The molecule has 2 fully saturated rings. The van der Waals surface area contributed by atoms with Gasteiger partial charge in [-0.25, -0.2) is 14.4 Å². The van der Waals surface area contributed by atoms with E-state index in [1.165, 1.54) is 38.1 Å². The number of alkyl carbamates (subject to hydrolysis) is 1. The van der Waals surface area contributed by atoms with Gasteiger partial charge < -0.3 is 60.1 Å². The number of primary amides is 1. The average Bonchev–Trinajstić information content (AvgIpc) is 2.39. The van der Waals surface area contributed by atoms with Crippen molar-refractivity contribution in [3.05, 3.63) is 81.4 Å². The highest BCUT2D eigenvalue weighted by Crippen LogP contribution is 2.49. The number of anilines is 1. The Hall–Kier alpha value is -5.92. The van der Waals surface area contributed by atoms with Crippen LogP contribution in [0.4, 0.5) is 15.3 Å². The zero-order valence-electron chi connectivity index (χ0n) is 52.1. The number of aliphatic hydroxyl groups is 1. The van der Waals surface area contributed by atoms with Crippen molar-refractivity contribution >= 4 is 102 Å². The number of unbranched alkanes of at least 4 members (excludes halogenated alkanes) is 1. The number of carbonyl (C=O) groups is 9. The van der Waals surface area contributed by atoms with Gasteiger partial charge in [-0.2, -0.15) is 0 Å². The Balaban J connectivity index is 1.31. The number of nitrogens with zero attached hydrogens (tertiary/aromatic N) is 2. The molecule has 11 atom stereocenters. The molecule has 2 saturated heterocycles. The van der Waals surface area contributed by atoms with Crippen LogP contribution in [0.2, 0.25) is 5.02 Å². The molecule has 6 amide bonds. The highest BCUT2D eigenvalue weighted by atomic mass is 79.9. The molecule has 486 valence electrons. The van der Waals surface area contributed by atoms with E-state index in [0.717, 1.165) is 22.1 Å². The van der Waals surface area contributed by atoms with E-state index in [1.54, 1.807) is 59.9 Å². The van der Waals surface area contributed by atoms with Gasteiger partial charge in [0.05, 0.1) is 41.3 Å². The van der Waals surface area contributed by atoms with Crippen LogP contribution in [0, 0.1) is 30.6 Å². The summed E-state index contributed by atoms with van der Waals surface area (Å²) in [5, 5.41) is 32.3. The van der Waals surface area contributed by atoms with Gasteiger partial charge in [0.15, 0.2) is 11.5 Å². The van der Waals surface area contributed by atoms with Gasteiger partial charge in [0.2, 0.25) is 11.8 Å². The van der Waals surface area contributed by atoms with Crippen molar-refractivity contribution in [1.82, 2.24) is 20.9 Å². The van der Waals surface area contributed by atoms with E-state index in [-0.39, 0.29) is 79.5 Å². The van der Waals surface area contributed by atoms with Crippen molar-refractivity contribution in [1.29, 1.82) is 0 Å². The number of methoxy groups -OCH3 is 1. The average molecular weight is 1380 g/mol. The zero-order valence-corrected chi connectivity index (χ0v) is 56.0. The summed E-state index contributed by atoms with van der Waals surface area (Å²) in [5.74, 6) is -6.09. The van der Waals surface area contributed by atoms with Crippen LogP contribution in [0.1, 0.15) is 133 Å². The third-order valence-electron chi connectivity index (χ3n) is 16.7. The smallest absolute Gasteiger partial charge is 0.409 e. The molecule has 4 bridgehead atoms. The van der Waals surface area contributed by atoms with Gasteiger partial charge in [-0.15, -0.1) is 0 Å². The Labute approximate surface area is 537 Å². The molecule has 2 aromatic carbocycles. The number of phenols is 1. The number of phenolic OH excluding ortho intramolecular Hbond substituents is 1. The minimum absolute atomic E-state index is 0.0628. The summed E-state index contributed by atoms with van der Waals surface area (Å²) in [5.41, 5.74) is 4.92. The number of nitrogens with two attached hydrogens (primary N) is 1. The first-order valence-corrected chi connectivity index (χ1v) is 32.3. The number of Topliss-reactive ketones (excluding diaryl/α,β-unsaturated/α-hetero) is 2. The molecule has 22 nitrogen and oxygen atoms in total. The number of rotatable bonds is 26. The predicted octanol–water partition coefficient (Wildman–Crippen LogP) is 8.01. The lowest BCUT2D eigenvalue weighted by Crippen LogP contribution is -2.63. The van der Waals surface area contributed by atoms with E-state index in [4.69, 9.17) is 41.0 Å². The minimum atomic E-state index is -1.91. The SMILES string of the molecule is CO[C@@H]1/C=C/C=C(\C)Cc2cc(C)c(Cl)c(c2)N(C)C(=O)C[C@H](OC(=O)[C@H](C)N(C)C(=O)c2ccc(CC(=O)[C@H](CCCNC(N)=O)NC(=O)[C@@H](CC(=O)CCCCC(C)OC(=O)C(CBr)CBr)C(C)C)c(O)c2)[C@]2(C)O[C@H]2[C@H](C)[C@@H]2C[C@@]1(O)NC(=O)O2. The normalized spacial score (nSPS) is 24.4. The molecular weight excluding hydrogens is 1290 g/mol. The first kappa shape index (κ1) is 72.8. The number of aromatic hydroxyl groups is 1. The van der Waals surface area contributed by atoms with Crippen LogP contribution in [-0.4, -0.2) is 161 Å². The molecule has 88 heavy (non-hydrogen) atoms. The Morgan fingerprint density at radius 3 is 2.33 bits per heavy atom. The van der Waals surface area contributed by atoms with E-state index in [0.29, 0.717) is 52.6 Å². The van der Waals surface area contributed by atoms with Gasteiger partial charge in [-0.1, -0.05) is 100 Å². The van der Waals surface area contributed by atoms with Crippen molar-refractivity contribution in [3.8, 4) is 5.75 Å². The number of epoxide rings is 1. The molecule has 5 rings (SSSR count). The number of fused-ring (bicyclic) bond motifs is 5. The molecule has 1 unspecified atom stereocenters. The van der Waals surface area contributed by atoms with E-state index in [9.17, 15) is 53.4 Å². The number of ketones is 2. The molecule has 25 heteroatoms. The van der Waals surface area contributed by atoms with Crippen molar-refractivity contribution in [2.45, 2.75) is 180 Å². The summed E-state index contributed by atoms with van der Waals surface area (Å²) in [7, 11) is 4.32. The summed E-state index contributed by atoms with van der Waals surface area (Å²) >= 11 is 13.5. The minimum Gasteiger partial charge on any atom is -0.508 e. The van der Waals surface area contributed by atoms with Crippen molar-refractivity contribution in [2.24, 2.45) is 29.4 Å². The fourth-order valence-electron chi connectivity index (χ4n) is 10.9. The van der Waals surface area contributed by atoms with Crippen LogP contribution in [-0.2, 0) is 65.3 Å². The number of amides is 6. The van der Waals surface area contributed by atoms with Crippen LogP contribution in [0.25, 0.3) is 0 Å². The number of urea groups is 1. The van der Waals surface area contributed by atoms with Gasteiger partial charge in [-0.05, 0) is 108 Å². The first-order valence-electron chi connectivity index (χ1n) is 29.7. The molecule has 3 heterocycles. The van der Waals surface area contributed by atoms with Crippen molar-refractivity contribution < 1.29 is 77.0 Å². The summed E-state index contributed by atoms with van der Waals surface area (Å²) in [6.45, 7) is 14.1. The monoisotopic (exact) mass is 1380 g/mol.